The van der Waals surface area contributed by atoms with Crippen LogP contribution < -0.4 is 0 Å². The SMILES string of the molecule is N#CC(=C1C(=C(\C#N)c2c(CF)nc(CF)nc2CF)/C1=C(\C#N)c1c(F)c(F)c(C#N)c(C#N)c1F)c1c(F)c(F)c(C#N)c(C#N)c1F. The minimum absolute atomic E-state index is 0.781. The second-order valence-electron chi connectivity index (χ2n) is 9.48. The van der Waals surface area contributed by atoms with Crippen molar-refractivity contribution < 1.29 is 39.5 Å². The first-order valence-corrected chi connectivity index (χ1v) is 13.0. The summed E-state index contributed by atoms with van der Waals surface area (Å²) in [5.74, 6) is -13.8. The van der Waals surface area contributed by atoms with Crippen molar-refractivity contribution >= 4 is 16.7 Å². The average molecular weight is 687 g/mol. The first kappa shape index (κ1) is 35.4. The van der Waals surface area contributed by atoms with Crippen LogP contribution in [0, 0.1) is 114 Å². The fraction of sp³-hybridized carbons (Fsp3) is 0.0938. The van der Waals surface area contributed by atoms with Gasteiger partial charge in [0.05, 0.1) is 39.2 Å². The highest BCUT2D eigenvalue weighted by atomic mass is 19.2. The third-order valence-electron chi connectivity index (χ3n) is 7.09. The van der Waals surface area contributed by atoms with Gasteiger partial charge in [-0.05, 0) is 0 Å². The number of nitrogens with zero attached hydrogens (tertiary/aromatic N) is 9. The lowest BCUT2D eigenvalue weighted by Crippen LogP contribution is -2.08. The molecule has 0 atom stereocenters. The van der Waals surface area contributed by atoms with E-state index in [2.05, 4.69) is 9.97 Å². The molecule has 0 spiro atoms. The fourth-order valence-corrected chi connectivity index (χ4v) is 4.98. The molecule has 4 rings (SSSR count). The van der Waals surface area contributed by atoms with E-state index in [-0.39, 0.29) is 0 Å². The number of benzene rings is 2. The van der Waals surface area contributed by atoms with Gasteiger partial charge in [-0.2, -0.15) is 36.8 Å². The zero-order valence-corrected chi connectivity index (χ0v) is 24.0. The predicted molar refractivity (Wildman–Crippen MR) is 146 cm³/mol. The van der Waals surface area contributed by atoms with E-state index in [1.807, 2.05) is 0 Å². The van der Waals surface area contributed by atoms with Crippen LogP contribution in [0.15, 0.2) is 16.7 Å². The van der Waals surface area contributed by atoms with E-state index in [0.29, 0.717) is 0 Å². The van der Waals surface area contributed by atoms with E-state index in [0.717, 1.165) is 24.3 Å². The average Bonchev–Trinajstić information content (AvgIpc) is 3.84. The molecule has 1 heterocycles. The fourth-order valence-electron chi connectivity index (χ4n) is 4.98. The van der Waals surface area contributed by atoms with E-state index in [1.54, 1.807) is 0 Å². The Kier molecular flexibility index (Phi) is 9.71. The van der Waals surface area contributed by atoms with Gasteiger partial charge < -0.3 is 0 Å². The summed E-state index contributed by atoms with van der Waals surface area (Å²) in [6.07, 6.45) is 0. The van der Waals surface area contributed by atoms with Crippen LogP contribution in [0.2, 0.25) is 0 Å². The van der Waals surface area contributed by atoms with Crippen molar-refractivity contribution in [2.45, 2.75) is 20.0 Å². The topological polar surface area (TPSA) is 192 Å². The Bertz CT molecular complexity index is 2330. The largest absolute Gasteiger partial charge is 0.244 e. The third-order valence-corrected chi connectivity index (χ3v) is 7.09. The summed E-state index contributed by atoms with van der Waals surface area (Å²) < 4.78 is 134. The van der Waals surface area contributed by atoms with Gasteiger partial charge in [-0.1, -0.05) is 0 Å². The lowest BCUT2D eigenvalue weighted by Gasteiger charge is -2.10. The summed E-state index contributed by atoms with van der Waals surface area (Å²) in [5.41, 5.74) is -18.9. The molecule has 242 valence electrons. The van der Waals surface area contributed by atoms with Gasteiger partial charge in [0.2, 0.25) is 0 Å². The highest BCUT2D eigenvalue weighted by Gasteiger charge is 2.45. The maximum atomic E-state index is 15.6. The summed E-state index contributed by atoms with van der Waals surface area (Å²) in [5, 5.41) is 67.3. The smallest absolute Gasteiger partial charge is 0.178 e. The quantitative estimate of drug-likeness (QED) is 0.159. The van der Waals surface area contributed by atoms with Crippen LogP contribution in [-0.4, -0.2) is 9.97 Å². The van der Waals surface area contributed by atoms with Crippen LogP contribution in [0.1, 0.15) is 56.2 Å². The predicted octanol–water partition coefficient (Wildman–Crippen LogP) is 6.45. The van der Waals surface area contributed by atoms with Gasteiger partial charge in [0.25, 0.3) is 0 Å². The normalized spacial score (nSPS) is 14.5. The molecule has 3 aromatic rings. The number of nitriles is 7. The Balaban J connectivity index is 2.39. The maximum Gasteiger partial charge on any atom is 0.178 e. The van der Waals surface area contributed by atoms with E-state index in [4.69, 9.17) is 10.5 Å². The van der Waals surface area contributed by atoms with Crippen LogP contribution in [0.3, 0.4) is 0 Å². The Labute approximate surface area is 273 Å². The van der Waals surface area contributed by atoms with Crippen molar-refractivity contribution in [3.05, 3.63) is 108 Å². The molecule has 0 N–H and O–H groups in total. The van der Waals surface area contributed by atoms with Crippen molar-refractivity contribution in [1.29, 1.82) is 36.8 Å². The second kappa shape index (κ2) is 13.7. The summed E-state index contributed by atoms with van der Waals surface area (Å²) >= 11 is 0. The monoisotopic (exact) mass is 687 g/mol. The zero-order chi connectivity index (χ0) is 37.2. The van der Waals surface area contributed by atoms with E-state index < -0.39 is 145 Å². The van der Waals surface area contributed by atoms with Crippen molar-refractivity contribution in [2.24, 2.45) is 0 Å². The molecule has 0 bridgehead atoms. The second-order valence-corrected chi connectivity index (χ2v) is 9.48. The molecule has 0 aliphatic heterocycles. The maximum absolute atomic E-state index is 15.6. The molecule has 9 nitrogen and oxygen atoms in total. The highest BCUT2D eigenvalue weighted by Crippen LogP contribution is 2.57. The summed E-state index contributed by atoms with van der Waals surface area (Å²) in [4.78, 5) is 7.02. The Morgan fingerprint density at radius 3 is 0.980 bits per heavy atom. The standard InChI is InChI=1S/C32H6F9N9/c33-1-18-21(19(2-34)50-20(3-35)49-18)15(8-46)22-23(16(9-47)25-27(36)11(4-42)13(6-44)29(38)31(25)40)24(22)17(10-48)26-28(37)12(5-43)14(7-45)30(39)32(26)41/h1-3H2/b22-15-,23-16?,24-17-. The molecule has 2 aromatic carbocycles. The number of hydrogen-bond donors (Lipinski definition) is 0. The molecule has 1 fully saturated rings. The van der Waals surface area contributed by atoms with E-state index in [1.165, 1.54) is 18.2 Å². The van der Waals surface area contributed by atoms with Gasteiger partial charge in [0.1, 0.15) is 84.8 Å². The van der Waals surface area contributed by atoms with E-state index in [9.17, 15) is 48.3 Å². The molecule has 0 amide bonds. The van der Waals surface area contributed by atoms with Gasteiger partial charge >= 0.3 is 0 Å². The molecule has 1 aromatic heterocycles. The molecule has 18 heteroatoms. The number of rotatable bonds is 6. The zero-order valence-electron chi connectivity index (χ0n) is 24.0. The minimum atomic E-state index is -2.29. The summed E-state index contributed by atoms with van der Waals surface area (Å²) in [7, 11) is 0. The van der Waals surface area contributed by atoms with Crippen molar-refractivity contribution in [2.75, 3.05) is 0 Å². The van der Waals surface area contributed by atoms with Crippen molar-refractivity contribution in [3.8, 4) is 42.5 Å². The Hall–Kier alpha value is -7.46. The number of halogens is 9. The Morgan fingerprint density at radius 2 is 0.720 bits per heavy atom. The molecule has 50 heavy (non-hydrogen) atoms. The first-order valence-electron chi connectivity index (χ1n) is 13.0. The van der Waals surface area contributed by atoms with Crippen molar-refractivity contribution in [1.82, 2.24) is 9.97 Å². The molecule has 0 unspecified atom stereocenters. The Morgan fingerprint density at radius 1 is 0.420 bits per heavy atom. The minimum Gasteiger partial charge on any atom is -0.244 e. The van der Waals surface area contributed by atoms with Crippen LogP contribution in [0.4, 0.5) is 39.5 Å². The number of allylic oxidation sites excluding steroid dienone is 6. The molecule has 1 aliphatic rings. The van der Waals surface area contributed by atoms with Crippen LogP contribution >= 0.6 is 0 Å². The lowest BCUT2D eigenvalue weighted by atomic mass is 9.95. The third kappa shape index (κ3) is 5.19. The molecular formula is C32H6F9N9. The lowest BCUT2D eigenvalue weighted by molar-refractivity contribution is 0.433. The van der Waals surface area contributed by atoms with Gasteiger partial charge in [-0.3, -0.25) is 0 Å². The van der Waals surface area contributed by atoms with Crippen LogP contribution in [0.25, 0.3) is 16.7 Å². The number of hydrogen-bond acceptors (Lipinski definition) is 9. The van der Waals surface area contributed by atoms with Crippen LogP contribution in [-0.2, 0) is 20.0 Å². The van der Waals surface area contributed by atoms with Gasteiger partial charge in [-0.25, -0.2) is 49.5 Å². The van der Waals surface area contributed by atoms with Crippen LogP contribution in [0.5, 0.6) is 0 Å². The first-order chi connectivity index (χ1) is 23.9. The molecule has 1 saturated carbocycles. The molecular weight excluding hydrogens is 681 g/mol. The highest BCUT2D eigenvalue weighted by molar-refractivity contribution is 6.12. The molecule has 0 saturated heterocycles. The number of aromatic nitrogens is 2. The molecule has 0 radical (unpaired) electrons. The summed E-state index contributed by atoms with van der Waals surface area (Å²) in [6.45, 7) is -4.81. The van der Waals surface area contributed by atoms with Crippen molar-refractivity contribution in [3.63, 3.8) is 0 Å². The number of alkyl halides is 3. The van der Waals surface area contributed by atoms with Gasteiger partial charge in [0.15, 0.2) is 40.7 Å². The molecule has 1 aliphatic carbocycles. The summed E-state index contributed by atoms with van der Waals surface area (Å²) in [6, 6.07) is 8.17. The van der Waals surface area contributed by atoms with Gasteiger partial charge in [0, 0.05) is 22.3 Å². The van der Waals surface area contributed by atoms with E-state index >= 15 is 17.6 Å². The van der Waals surface area contributed by atoms with Gasteiger partial charge in [-0.15, -0.1) is 0 Å².